The van der Waals surface area contributed by atoms with E-state index >= 15 is 0 Å². The first-order valence-electron chi connectivity index (χ1n) is 7.39. The predicted molar refractivity (Wildman–Crippen MR) is 78.8 cm³/mol. The van der Waals surface area contributed by atoms with Gasteiger partial charge in [0, 0.05) is 13.0 Å². The molecule has 0 saturated carbocycles. The highest BCUT2D eigenvalue weighted by molar-refractivity contribution is 5.99. The lowest BCUT2D eigenvalue weighted by Gasteiger charge is -2.19. The molecule has 2 rings (SSSR count). The standard InChI is InChI=1S/C16H23NO3/c1-3-17(4-2)9-5-10-19-13-6-7-16-14(12-13)15(18)8-11-20-16/h6-7,12H,3-5,8-11H2,1-2H3. The summed E-state index contributed by atoms with van der Waals surface area (Å²) in [6.07, 6.45) is 1.45. The first kappa shape index (κ1) is 14.9. The number of ether oxygens (including phenoxy) is 2. The highest BCUT2D eigenvalue weighted by Crippen LogP contribution is 2.28. The van der Waals surface area contributed by atoms with Crippen LogP contribution in [0.1, 0.15) is 37.0 Å². The van der Waals surface area contributed by atoms with Gasteiger partial charge in [0.15, 0.2) is 5.78 Å². The number of ketones is 1. The van der Waals surface area contributed by atoms with Gasteiger partial charge in [0.2, 0.25) is 0 Å². The molecule has 0 spiro atoms. The Bertz CT molecular complexity index is 455. The molecular weight excluding hydrogens is 254 g/mol. The molecular formula is C16H23NO3. The van der Waals surface area contributed by atoms with Gasteiger partial charge in [-0.2, -0.15) is 0 Å². The fourth-order valence-corrected chi connectivity index (χ4v) is 2.35. The summed E-state index contributed by atoms with van der Waals surface area (Å²) < 4.78 is 11.2. The summed E-state index contributed by atoms with van der Waals surface area (Å²) in [5, 5.41) is 0. The number of rotatable bonds is 7. The van der Waals surface area contributed by atoms with Gasteiger partial charge in [-0.25, -0.2) is 0 Å². The third-order valence-electron chi connectivity index (χ3n) is 3.62. The van der Waals surface area contributed by atoms with Crippen LogP contribution < -0.4 is 9.47 Å². The zero-order valence-corrected chi connectivity index (χ0v) is 12.4. The molecule has 0 fully saturated rings. The van der Waals surface area contributed by atoms with Crippen molar-refractivity contribution in [2.24, 2.45) is 0 Å². The highest BCUT2D eigenvalue weighted by atomic mass is 16.5. The van der Waals surface area contributed by atoms with Crippen LogP contribution in [0.15, 0.2) is 18.2 Å². The van der Waals surface area contributed by atoms with Gasteiger partial charge >= 0.3 is 0 Å². The second-order valence-electron chi connectivity index (χ2n) is 4.91. The quantitative estimate of drug-likeness (QED) is 0.718. The predicted octanol–water partition coefficient (Wildman–Crippen LogP) is 2.76. The van der Waals surface area contributed by atoms with Crippen molar-refractivity contribution in [2.75, 3.05) is 32.8 Å². The van der Waals surface area contributed by atoms with Crippen molar-refractivity contribution in [1.82, 2.24) is 4.90 Å². The van der Waals surface area contributed by atoms with Gasteiger partial charge in [0.1, 0.15) is 11.5 Å². The zero-order chi connectivity index (χ0) is 14.4. The van der Waals surface area contributed by atoms with Crippen LogP contribution in [0, 0.1) is 0 Å². The first-order valence-corrected chi connectivity index (χ1v) is 7.39. The minimum Gasteiger partial charge on any atom is -0.494 e. The average molecular weight is 277 g/mol. The molecule has 0 aliphatic carbocycles. The highest BCUT2D eigenvalue weighted by Gasteiger charge is 2.18. The van der Waals surface area contributed by atoms with Crippen LogP contribution in [-0.2, 0) is 0 Å². The molecule has 0 N–H and O–H groups in total. The van der Waals surface area contributed by atoms with E-state index in [0.717, 1.165) is 31.8 Å². The Hall–Kier alpha value is -1.55. The van der Waals surface area contributed by atoms with Crippen molar-refractivity contribution >= 4 is 5.78 Å². The summed E-state index contributed by atoms with van der Waals surface area (Å²) in [6, 6.07) is 5.50. The Morgan fingerprint density at radius 3 is 2.85 bits per heavy atom. The lowest BCUT2D eigenvalue weighted by molar-refractivity contribution is 0.0932. The van der Waals surface area contributed by atoms with Gasteiger partial charge in [-0.05, 0) is 37.7 Å². The van der Waals surface area contributed by atoms with E-state index in [-0.39, 0.29) is 5.78 Å². The van der Waals surface area contributed by atoms with Crippen LogP contribution >= 0.6 is 0 Å². The minimum atomic E-state index is 0.139. The maximum Gasteiger partial charge on any atom is 0.170 e. The van der Waals surface area contributed by atoms with Crippen molar-refractivity contribution in [3.63, 3.8) is 0 Å². The van der Waals surface area contributed by atoms with E-state index < -0.39 is 0 Å². The van der Waals surface area contributed by atoms with Crippen LogP contribution in [0.2, 0.25) is 0 Å². The van der Waals surface area contributed by atoms with Crippen LogP contribution in [0.4, 0.5) is 0 Å². The normalized spacial score (nSPS) is 14.1. The van der Waals surface area contributed by atoms with Crippen LogP contribution in [-0.4, -0.2) is 43.5 Å². The van der Waals surface area contributed by atoms with E-state index in [4.69, 9.17) is 9.47 Å². The van der Waals surface area contributed by atoms with Gasteiger partial charge in [-0.3, -0.25) is 4.79 Å². The average Bonchev–Trinajstić information content (AvgIpc) is 2.48. The number of nitrogens with zero attached hydrogens (tertiary/aromatic N) is 1. The lowest BCUT2D eigenvalue weighted by atomic mass is 10.0. The largest absolute Gasteiger partial charge is 0.494 e. The zero-order valence-electron chi connectivity index (χ0n) is 12.4. The van der Waals surface area contributed by atoms with E-state index in [1.807, 2.05) is 12.1 Å². The summed E-state index contributed by atoms with van der Waals surface area (Å²) in [6.45, 7) is 8.67. The number of benzene rings is 1. The van der Waals surface area contributed by atoms with Crippen LogP contribution in [0.5, 0.6) is 11.5 Å². The van der Waals surface area contributed by atoms with Crippen molar-refractivity contribution in [2.45, 2.75) is 26.7 Å². The van der Waals surface area contributed by atoms with E-state index in [2.05, 4.69) is 18.7 Å². The molecule has 1 aromatic carbocycles. The molecule has 0 unspecified atom stereocenters. The molecule has 0 saturated heterocycles. The fraction of sp³-hybridized carbons (Fsp3) is 0.562. The Morgan fingerprint density at radius 1 is 1.30 bits per heavy atom. The van der Waals surface area contributed by atoms with Gasteiger partial charge in [-0.1, -0.05) is 13.8 Å². The summed E-state index contributed by atoms with van der Waals surface area (Å²) in [4.78, 5) is 14.2. The van der Waals surface area contributed by atoms with Crippen molar-refractivity contribution < 1.29 is 14.3 Å². The number of carbonyl (C=O) groups is 1. The Morgan fingerprint density at radius 2 is 2.10 bits per heavy atom. The van der Waals surface area contributed by atoms with Crippen LogP contribution in [0.25, 0.3) is 0 Å². The molecule has 110 valence electrons. The fourth-order valence-electron chi connectivity index (χ4n) is 2.35. The Balaban J connectivity index is 1.85. The van der Waals surface area contributed by atoms with Gasteiger partial charge in [0.05, 0.1) is 18.8 Å². The topological polar surface area (TPSA) is 38.8 Å². The van der Waals surface area contributed by atoms with E-state index in [1.165, 1.54) is 0 Å². The van der Waals surface area contributed by atoms with Gasteiger partial charge < -0.3 is 14.4 Å². The molecule has 1 heterocycles. The molecule has 1 aliphatic heterocycles. The molecule has 1 aromatic rings. The van der Waals surface area contributed by atoms with E-state index in [0.29, 0.717) is 30.9 Å². The summed E-state index contributed by atoms with van der Waals surface area (Å²) in [5.41, 5.74) is 0.650. The summed E-state index contributed by atoms with van der Waals surface area (Å²) >= 11 is 0. The van der Waals surface area contributed by atoms with E-state index in [9.17, 15) is 4.79 Å². The van der Waals surface area contributed by atoms with Gasteiger partial charge in [0.25, 0.3) is 0 Å². The van der Waals surface area contributed by atoms with Crippen molar-refractivity contribution in [3.8, 4) is 11.5 Å². The molecule has 0 atom stereocenters. The minimum absolute atomic E-state index is 0.139. The Labute approximate surface area is 120 Å². The molecule has 20 heavy (non-hydrogen) atoms. The van der Waals surface area contributed by atoms with Gasteiger partial charge in [-0.15, -0.1) is 0 Å². The van der Waals surface area contributed by atoms with E-state index in [1.54, 1.807) is 6.07 Å². The smallest absolute Gasteiger partial charge is 0.170 e. The molecule has 1 aliphatic rings. The number of fused-ring (bicyclic) bond motifs is 1. The second kappa shape index (κ2) is 7.29. The lowest BCUT2D eigenvalue weighted by Crippen LogP contribution is -2.25. The molecule has 4 nitrogen and oxygen atoms in total. The SMILES string of the molecule is CCN(CC)CCCOc1ccc2c(c1)C(=O)CCO2. The third-order valence-corrected chi connectivity index (χ3v) is 3.62. The molecule has 0 radical (unpaired) electrons. The third kappa shape index (κ3) is 3.73. The molecule has 0 aromatic heterocycles. The first-order chi connectivity index (χ1) is 9.74. The van der Waals surface area contributed by atoms with Crippen molar-refractivity contribution in [1.29, 1.82) is 0 Å². The number of Topliss-reactive ketones (excluding diaryl/α,β-unsaturated/α-hetero) is 1. The monoisotopic (exact) mass is 277 g/mol. The number of hydrogen-bond donors (Lipinski definition) is 0. The second-order valence-corrected chi connectivity index (χ2v) is 4.91. The molecule has 0 bridgehead atoms. The summed E-state index contributed by atoms with van der Waals surface area (Å²) in [7, 11) is 0. The van der Waals surface area contributed by atoms with Crippen LogP contribution in [0.3, 0.4) is 0 Å². The number of carbonyl (C=O) groups excluding carboxylic acids is 1. The molecule has 4 heteroatoms. The Kier molecular flexibility index (Phi) is 5.41. The maximum absolute atomic E-state index is 11.8. The van der Waals surface area contributed by atoms with Crippen molar-refractivity contribution in [3.05, 3.63) is 23.8 Å². The molecule has 0 amide bonds. The number of hydrogen-bond acceptors (Lipinski definition) is 4. The summed E-state index contributed by atoms with van der Waals surface area (Å²) in [5.74, 6) is 1.57. The maximum atomic E-state index is 11.8.